The van der Waals surface area contributed by atoms with Crippen LogP contribution in [0.25, 0.3) is 0 Å². The van der Waals surface area contributed by atoms with Gasteiger partial charge >= 0.3 is 0 Å². The van der Waals surface area contributed by atoms with Gasteiger partial charge in [0.1, 0.15) is 0 Å². The predicted molar refractivity (Wildman–Crippen MR) is 58.3 cm³/mol. The number of carbonyl (C=O) groups is 1. The van der Waals surface area contributed by atoms with E-state index in [0.29, 0.717) is 32.7 Å². The molecule has 1 aliphatic rings. The molecule has 0 N–H and O–H groups in total. The Morgan fingerprint density at radius 3 is 2.20 bits per heavy atom. The molecule has 88 valence electrons. The number of nitrogens with zero attached hydrogens (tertiary/aromatic N) is 2. The van der Waals surface area contributed by atoms with Crippen molar-refractivity contribution in [3.05, 3.63) is 0 Å². The summed E-state index contributed by atoms with van der Waals surface area (Å²) < 4.78 is 21.4. The van der Waals surface area contributed by atoms with E-state index in [2.05, 4.69) is 0 Å². The fourth-order valence-electron chi connectivity index (χ4n) is 1.52. The zero-order valence-corrected chi connectivity index (χ0v) is 10.2. The van der Waals surface area contributed by atoms with Gasteiger partial charge in [-0.3, -0.25) is 9.69 Å². The SMILES string of the molecule is CC(=O)N1CCN(CCS(=O)(=O)Cl)CC1. The minimum atomic E-state index is -3.40. The van der Waals surface area contributed by atoms with Gasteiger partial charge in [-0.1, -0.05) is 0 Å². The molecular formula is C8H15ClN2O3S. The number of hydrogen-bond donors (Lipinski definition) is 0. The van der Waals surface area contributed by atoms with Crippen LogP contribution in [0.3, 0.4) is 0 Å². The lowest BCUT2D eigenvalue weighted by atomic mass is 10.3. The first-order valence-corrected chi connectivity index (χ1v) is 7.26. The molecule has 0 atom stereocenters. The summed E-state index contributed by atoms with van der Waals surface area (Å²) in [6, 6.07) is 0. The Hall–Kier alpha value is -0.330. The van der Waals surface area contributed by atoms with Gasteiger partial charge in [-0.25, -0.2) is 8.42 Å². The Balaban J connectivity index is 2.29. The van der Waals surface area contributed by atoms with Crippen LogP contribution < -0.4 is 0 Å². The topological polar surface area (TPSA) is 57.7 Å². The maximum Gasteiger partial charge on any atom is 0.233 e. The molecule has 0 spiro atoms. The van der Waals surface area contributed by atoms with Gasteiger partial charge in [-0.15, -0.1) is 0 Å². The first-order valence-electron chi connectivity index (χ1n) is 4.79. The number of rotatable bonds is 3. The van der Waals surface area contributed by atoms with Gasteiger partial charge in [0.05, 0.1) is 5.75 Å². The van der Waals surface area contributed by atoms with Gasteiger partial charge < -0.3 is 4.90 Å². The lowest BCUT2D eigenvalue weighted by Crippen LogP contribution is -2.48. The third-order valence-corrected chi connectivity index (χ3v) is 3.60. The quantitative estimate of drug-likeness (QED) is 0.650. The number of hydrogen-bond acceptors (Lipinski definition) is 4. The first kappa shape index (κ1) is 12.7. The van der Waals surface area contributed by atoms with Crippen LogP contribution in [0.1, 0.15) is 6.92 Å². The Bertz CT molecular complexity index is 323. The van der Waals surface area contributed by atoms with Crippen LogP contribution >= 0.6 is 10.7 Å². The lowest BCUT2D eigenvalue weighted by Gasteiger charge is -2.33. The summed E-state index contributed by atoms with van der Waals surface area (Å²) in [4.78, 5) is 14.8. The van der Waals surface area contributed by atoms with Crippen LogP contribution in [0.2, 0.25) is 0 Å². The summed E-state index contributed by atoms with van der Waals surface area (Å²) in [5.74, 6) is 0.0360. The second-order valence-corrected chi connectivity index (χ2v) is 6.49. The van der Waals surface area contributed by atoms with Crippen LogP contribution in [0.5, 0.6) is 0 Å². The molecule has 0 aromatic rings. The Morgan fingerprint density at radius 1 is 1.27 bits per heavy atom. The van der Waals surface area contributed by atoms with E-state index in [1.54, 1.807) is 11.8 Å². The van der Waals surface area contributed by atoms with E-state index in [0.717, 1.165) is 0 Å². The molecule has 7 heteroatoms. The summed E-state index contributed by atoms with van der Waals surface area (Å²) in [6.45, 7) is 4.74. The largest absolute Gasteiger partial charge is 0.340 e. The molecule has 0 saturated carbocycles. The van der Waals surface area contributed by atoms with Gasteiger partial charge in [0.2, 0.25) is 15.0 Å². The highest BCUT2D eigenvalue weighted by Crippen LogP contribution is 2.04. The van der Waals surface area contributed by atoms with E-state index in [9.17, 15) is 13.2 Å². The normalized spacial score (nSPS) is 19.2. The van der Waals surface area contributed by atoms with Crippen LogP contribution in [0, 0.1) is 0 Å². The lowest BCUT2D eigenvalue weighted by molar-refractivity contribution is -0.130. The molecule has 1 rings (SSSR count). The van der Waals surface area contributed by atoms with Crippen molar-refractivity contribution in [1.29, 1.82) is 0 Å². The molecule has 15 heavy (non-hydrogen) atoms. The van der Waals surface area contributed by atoms with E-state index >= 15 is 0 Å². The van der Waals surface area contributed by atoms with Crippen molar-refractivity contribution in [2.24, 2.45) is 0 Å². The Morgan fingerprint density at radius 2 is 1.80 bits per heavy atom. The highest BCUT2D eigenvalue weighted by molar-refractivity contribution is 8.13. The zero-order chi connectivity index (χ0) is 11.5. The van der Waals surface area contributed by atoms with Gasteiger partial charge in [0, 0.05) is 50.3 Å². The molecule has 1 amide bonds. The molecule has 0 radical (unpaired) electrons. The minimum Gasteiger partial charge on any atom is -0.340 e. The maximum absolute atomic E-state index is 11.0. The van der Waals surface area contributed by atoms with Crippen LogP contribution in [-0.2, 0) is 13.8 Å². The molecule has 0 aromatic heterocycles. The smallest absolute Gasteiger partial charge is 0.233 e. The first-order chi connectivity index (χ1) is 6.88. The average Bonchev–Trinajstić information content (AvgIpc) is 2.14. The second kappa shape index (κ2) is 5.14. The number of piperazine rings is 1. The van der Waals surface area contributed by atoms with Gasteiger partial charge in [-0.05, 0) is 0 Å². The van der Waals surface area contributed by atoms with Gasteiger partial charge in [-0.2, -0.15) is 0 Å². The molecule has 5 nitrogen and oxygen atoms in total. The van der Waals surface area contributed by atoms with Crippen molar-refractivity contribution in [3.8, 4) is 0 Å². The van der Waals surface area contributed by atoms with Crippen molar-refractivity contribution in [1.82, 2.24) is 9.80 Å². The van der Waals surface area contributed by atoms with Crippen LogP contribution in [-0.4, -0.2) is 62.6 Å². The molecule has 1 fully saturated rings. The Labute approximate surface area is 94.4 Å². The molecule has 0 unspecified atom stereocenters. The average molecular weight is 255 g/mol. The van der Waals surface area contributed by atoms with Crippen LogP contribution in [0.15, 0.2) is 0 Å². The number of halogens is 1. The summed E-state index contributed by atoms with van der Waals surface area (Å²) in [5, 5.41) is 0. The summed E-state index contributed by atoms with van der Waals surface area (Å²) >= 11 is 0. The summed E-state index contributed by atoms with van der Waals surface area (Å²) in [7, 11) is 1.71. The van der Waals surface area contributed by atoms with E-state index in [4.69, 9.17) is 10.7 Å². The monoisotopic (exact) mass is 254 g/mol. The summed E-state index contributed by atoms with van der Waals surface area (Å²) in [6.07, 6.45) is 0. The highest BCUT2D eigenvalue weighted by atomic mass is 35.7. The second-order valence-electron chi connectivity index (χ2n) is 3.59. The molecule has 1 aliphatic heterocycles. The maximum atomic E-state index is 11.0. The summed E-state index contributed by atoms with van der Waals surface area (Å²) in [5.41, 5.74) is 0. The molecule has 1 heterocycles. The van der Waals surface area contributed by atoms with Crippen molar-refractivity contribution in [3.63, 3.8) is 0 Å². The van der Waals surface area contributed by atoms with Gasteiger partial charge in [0.25, 0.3) is 0 Å². The molecule has 0 aliphatic carbocycles. The van der Waals surface area contributed by atoms with E-state index in [1.165, 1.54) is 0 Å². The van der Waals surface area contributed by atoms with E-state index < -0.39 is 9.05 Å². The predicted octanol–water partition coefficient (Wildman–Crippen LogP) is -0.281. The van der Waals surface area contributed by atoms with Gasteiger partial charge in [0.15, 0.2) is 0 Å². The van der Waals surface area contributed by atoms with Crippen molar-refractivity contribution < 1.29 is 13.2 Å². The van der Waals surface area contributed by atoms with Crippen molar-refractivity contribution >= 4 is 25.6 Å². The van der Waals surface area contributed by atoms with Crippen molar-refractivity contribution in [2.45, 2.75) is 6.92 Å². The third-order valence-electron chi connectivity index (χ3n) is 2.47. The fourth-order valence-corrected chi connectivity index (χ4v) is 2.21. The number of carbonyl (C=O) groups excluding carboxylic acids is 1. The Kier molecular flexibility index (Phi) is 4.36. The van der Waals surface area contributed by atoms with E-state index in [-0.39, 0.29) is 11.7 Å². The zero-order valence-electron chi connectivity index (χ0n) is 8.65. The third kappa shape index (κ3) is 4.81. The molecule has 0 aromatic carbocycles. The van der Waals surface area contributed by atoms with Crippen molar-refractivity contribution in [2.75, 3.05) is 38.5 Å². The van der Waals surface area contributed by atoms with Crippen LogP contribution in [0.4, 0.5) is 0 Å². The fraction of sp³-hybridized carbons (Fsp3) is 0.875. The highest BCUT2D eigenvalue weighted by Gasteiger charge is 2.19. The standard InChI is InChI=1S/C8H15ClN2O3S/c1-8(12)11-4-2-10(3-5-11)6-7-15(9,13)14/h2-7H2,1H3. The minimum absolute atomic E-state index is 0.0331. The molecular weight excluding hydrogens is 240 g/mol. The molecule has 0 bridgehead atoms. The number of amides is 1. The molecule has 1 saturated heterocycles. The van der Waals surface area contributed by atoms with E-state index in [1.807, 2.05) is 4.90 Å².